The van der Waals surface area contributed by atoms with E-state index in [1.807, 2.05) is 19.1 Å². The maximum absolute atomic E-state index is 11.1. The van der Waals surface area contributed by atoms with E-state index < -0.39 is 0 Å². The zero-order valence-electron chi connectivity index (χ0n) is 21.6. The van der Waals surface area contributed by atoms with Crippen molar-refractivity contribution in [1.82, 2.24) is 20.3 Å². The molecule has 9 heteroatoms. The predicted molar refractivity (Wildman–Crippen MR) is 152 cm³/mol. The van der Waals surface area contributed by atoms with Crippen LogP contribution >= 0.6 is 24.4 Å². The maximum atomic E-state index is 11.1. The normalized spacial score (nSPS) is 20.1. The van der Waals surface area contributed by atoms with E-state index in [0.29, 0.717) is 19.3 Å². The van der Waals surface area contributed by atoms with E-state index in [1.54, 1.807) is 4.90 Å². The number of piperazine rings is 1. The van der Waals surface area contributed by atoms with Crippen LogP contribution in [-0.4, -0.2) is 63.5 Å². The van der Waals surface area contributed by atoms with E-state index >= 15 is 0 Å². The number of carbonyl (C=O) groups excluding carboxylic acids is 1. The Bertz CT molecular complexity index is 1010. The van der Waals surface area contributed by atoms with Gasteiger partial charge in [0.1, 0.15) is 12.4 Å². The molecule has 2 aliphatic heterocycles. The largest absolute Gasteiger partial charge is 0.492 e. The van der Waals surface area contributed by atoms with E-state index in [0.717, 1.165) is 56.5 Å². The summed E-state index contributed by atoms with van der Waals surface area (Å²) in [5, 5.41) is 7.77. The zero-order valence-corrected chi connectivity index (χ0v) is 23.3. The quantitative estimate of drug-likeness (QED) is 0.302. The van der Waals surface area contributed by atoms with E-state index in [1.165, 1.54) is 36.0 Å². The average Bonchev–Trinajstić information content (AvgIpc) is 2.90. The molecule has 0 aromatic heterocycles. The minimum Gasteiger partial charge on any atom is -0.492 e. The molecule has 0 bridgehead atoms. The van der Waals surface area contributed by atoms with Crippen molar-refractivity contribution in [3.63, 3.8) is 0 Å². The van der Waals surface area contributed by atoms with Gasteiger partial charge in [-0.15, -0.1) is 0 Å². The van der Waals surface area contributed by atoms with Crippen molar-refractivity contribution < 1.29 is 14.3 Å². The lowest BCUT2D eigenvalue weighted by atomic mass is 9.58. The second-order valence-electron chi connectivity index (χ2n) is 9.71. The fraction of sp³-hybridized carbons (Fsp3) is 0.536. The van der Waals surface area contributed by atoms with Crippen LogP contribution in [0.2, 0.25) is 5.02 Å². The molecule has 1 saturated carbocycles. The van der Waals surface area contributed by atoms with Gasteiger partial charge in [0.2, 0.25) is 0 Å². The molecule has 37 heavy (non-hydrogen) atoms. The van der Waals surface area contributed by atoms with Gasteiger partial charge in [-0.05, 0) is 73.7 Å². The Morgan fingerprint density at radius 2 is 1.92 bits per heavy atom. The SMILES string of the molecule is CCOC(=O)N1CCNCC1.SNCCOc1ccc2c(c1)C(C1(c3ccc(Cl)cc3)CCC1)NCC2. The fourth-order valence-electron chi connectivity index (χ4n) is 5.47. The summed E-state index contributed by atoms with van der Waals surface area (Å²) in [5.74, 6) is 0.937. The first-order valence-corrected chi connectivity index (χ1v) is 14.1. The van der Waals surface area contributed by atoms with Gasteiger partial charge in [0.05, 0.1) is 6.61 Å². The highest BCUT2D eigenvalue weighted by atomic mass is 35.5. The topological polar surface area (TPSA) is 74.9 Å². The first-order chi connectivity index (χ1) is 18.1. The standard InChI is InChI=1S/C21H25ClN2OS.C7H14N2O2/c22-17-5-3-16(4-6-17)21(9-1-10-21)20-19-14-18(25-13-12-24-26)7-2-15(19)8-11-23-20;1-2-11-7(10)9-5-3-8-4-6-9/h2-7,14,20,23-24,26H,1,8-13H2;8H,2-6H2,1H3. The van der Waals surface area contributed by atoms with Crippen molar-refractivity contribution in [1.29, 1.82) is 0 Å². The number of nitrogens with zero attached hydrogens (tertiary/aromatic N) is 1. The number of benzene rings is 2. The Balaban J connectivity index is 0.000000245. The van der Waals surface area contributed by atoms with Crippen molar-refractivity contribution in [3.8, 4) is 5.75 Å². The molecule has 1 amide bonds. The van der Waals surface area contributed by atoms with Gasteiger partial charge in [-0.3, -0.25) is 4.72 Å². The van der Waals surface area contributed by atoms with Crippen LogP contribution in [0.25, 0.3) is 0 Å². The molecule has 2 aromatic carbocycles. The Morgan fingerprint density at radius 1 is 1.16 bits per heavy atom. The van der Waals surface area contributed by atoms with Crippen LogP contribution in [-0.2, 0) is 16.6 Å². The van der Waals surface area contributed by atoms with Gasteiger partial charge < -0.3 is 25.0 Å². The highest BCUT2D eigenvalue weighted by Crippen LogP contribution is 2.53. The van der Waals surface area contributed by atoms with Crippen molar-refractivity contribution >= 4 is 30.5 Å². The molecule has 0 radical (unpaired) electrons. The highest BCUT2D eigenvalue weighted by molar-refractivity contribution is 7.78. The Hall–Kier alpha value is -1.97. The number of fused-ring (bicyclic) bond motifs is 1. The van der Waals surface area contributed by atoms with Gasteiger partial charge in [-0.2, -0.15) is 0 Å². The minimum atomic E-state index is -0.186. The molecule has 1 saturated heterocycles. The third-order valence-corrected chi connectivity index (χ3v) is 7.99. The summed E-state index contributed by atoms with van der Waals surface area (Å²) in [5.41, 5.74) is 4.38. The van der Waals surface area contributed by atoms with Crippen LogP contribution in [0.1, 0.15) is 48.9 Å². The van der Waals surface area contributed by atoms with Crippen LogP contribution in [0.15, 0.2) is 42.5 Å². The van der Waals surface area contributed by atoms with E-state index in [-0.39, 0.29) is 11.5 Å². The highest BCUT2D eigenvalue weighted by Gasteiger charge is 2.47. The molecule has 202 valence electrons. The van der Waals surface area contributed by atoms with Crippen molar-refractivity contribution in [2.45, 2.75) is 44.1 Å². The molecular formula is C28H39ClN4O3S. The Kier molecular flexibility index (Phi) is 10.4. The number of hydrogen-bond donors (Lipinski definition) is 4. The molecule has 3 aliphatic rings. The third-order valence-electron chi connectivity index (χ3n) is 7.51. The molecule has 1 aliphatic carbocycles. The van der Waals surface area contributed by atoms with Gasteiger partial charge in [0.25, 0.3) is 0 Å². The first kappa shape index (κ1) is 28.0. The summed E-state index contributed by atoms with van der Waals surface area (Å²) in [4.78, 5) is 12.8. The summed E-state index contributed by atoms with van der Waals surface area (Å²) in [6.07, 6.45) is 4.58. The van der Waals surface area contributed by atoms with Gasteiger partial charge in [-0.25, -0.2) is 4.79 Å². The molecule has 1 unspecified atom stereocenters. The second kappa shape index (κ2) is 13.7. The van der Waals surface area contributed by atoms with Crippen LogP contribution in [0.3, 0.4) is 0 Å². The van der Waals surface area contributed by atoms with Crippen LogP contribution in [0.5, 0.6) is 5.75 Å². The summed E-state index contributed by atoms with van der Waals surface area (Å²) < 4.78 is 13.6. The molecule has 1 atom stereocenters. The summed E-state index contributed by atoms with van der Waals surface area (Å²) in [6.45, 7) is 7.91. The Labute approximate surface area is 231 Å². The predicted octanol–water partition coefficient (Wildman–Crippen LogP) is 4.51. The number of nitrogens with one attached hydrogen (secondary N) is 3. The van der Waals surface area contributed by atoms with E-state index in [2.05, 4.69) is 58.5 Å². The molecule has 3 N–H and O–H groups in total. The molecular weight excluding hydrogens is 508 g/mol. The minimum absolute atomic E-state index is 0.158. The lowest BCUT2D eigenvalue weighted by Crippen LogP contribution is -2.49. The van der Waals surface area contributed by atoms with Gasteiger partial charge in [-0.1, -0.05) is 49.0 Å². The van der Waals surface area contributed by atoms with Gasteiger partial charge in [0.15, 0.2) is 0 Å². The molecule has 7 nitrogen and oxygen atoms in total. The number of halogens is 1. The number of hydrogen-bond acceptors (Lipinski definition) is 7. The van der Waals surface area contributed by atoms with Crippen LogP contribution < -0.4 is 20.1 Å². The lowest BCUT2D eigenvalue weighted by Gasteiger charge is -2.50. The molecule has 2 fully saturated rings. The van der Waals surface area contributed by atoms with Crippen molar-refractivity contribution in [2.75, 3.05) is 52.5 Å². The average molecular weight is 547 g/mol. The van der Waals surface area contributed by atoms with E-state index in [4.69, 9.17) is 21.1 Å². The smallest absolute Gasteiger partial charge is 0.409 e. The van der Waals surface area contributed by atoms with Crippen molar-refractivity contribution in [3.05, 3.63) is 64.2 Å². The molecule has 0 spiro atoms. The molecule has 2 heterocycles. The number of rotatable bonds is 7. The van der Waals surface area contributed by atoms with Crippen molar-refractivity contribution in [2.24, 2.45) is 0 Å². The van der Waals surface area contributed by atoms with Crippen LogP contribution in [0, 0.1) is 0 Å². The monoisotopic (exact) mass is 546 g/mol. The van der Waals surface area contributed by atoms with Gasteiger partial charge >= 0.3 is 6.09 Å². The second-order valence-corrected chi connectivity index (χ2v) is 10.5. The summed E-state index contributed by atoms with van der Waals surface area (Å²) >= 11 is 10.1. The summed E-state index contributed by atoms with van der Waals surface area (Å²) in [6, 6.07) is 15.3. The van der Waals surface area contributed by atoms with E-state index in [9.17, 15) is 4.79 Å². The zero-order chi connectivity index (χ0) is 26.1. The summed E-state index contributed by atoms with van der Waals surface area (Å²) in [7, 11) is 0. The number of thiol groups is 1. The molecule has 2 aromatic rings. The fourth-order valence-corrected chi connectivity index (χ4v) is 5.69. The maximum Gasteiger partial charge on any atom is 0.409 e. The molecule has 5 rings (SSSR count). The lowest BCUT2D eigenvalue weighted by molar-refractivity contribution is 0.102. The number of carbonyl (C=O) groups is 1. The Morgan fingerprint density at radius 3 is 2.57 bits per heavy atom. The number of ether oxygens (including phenoxy) is 2. The van der Waals surface area contributed by atoms with Gasteiger partial charge in [0, 0.05) is 49.2 Å². The number of amides is 1. The first-order valence-electron chi connectivity index (χ1n) is 13.3. The van der Waals surface area contributed by atoms with Crippen LogP contribution in [0.4, 0.5) is 4.79 Å². The third kappa shape index (κ3) is 6.92.